The molecule has 0 aliphatic carbocycles. The van der Waals surface area contributed by atoms with E-state index < -0.39 is 46.9 Å². The molecule has 196 valence electrons. The van der Waals surface area contributed by atoms with Crippen LogP contribution in [0.1, 0.15) is 21.5 Å². The van der Waals surface area contributed by atoms with Gasteiger partial charge in [-0.05, 0) is 41.8 Å². The fourth-order valence-corrected chi connectivity index (χ4v) is 3.28. The van der Waals surface area contributed by atoms with Crippen molar-refractivity contribution < 1.29 is 45.1 Å². The first-order chi connectivity index (χ1) is 17.3. The van der Waals surface area contributed by atoms with Crippen LogP contribution in [0.25, 0.3) is 11.1 Å². The van der Waals surface area contributed by atoms with Crippen molar-refractivity contribution in [3.63, 3.8) is 0 Å². The molecule has 0 aliphatic rings. The molecule has 0 atom stereocenters. The third-order valence-electron chi connectivity index (χ3n) is 5.25. The highest BCUT2D eigenvalue weighted by molar-refractivity contribution is 5.99. The SMILES string of the molecule is COC(=O)c1c(F)cccc1-c1ccc(CNc2nccc(C)c2NC(=O)C(F)(F)C(F)(F)F)c(F)c1. The van der Waals surface area contributed by atoms with Crippen molar-refractivity contribution in [1.29, 1.82) is 0 Å². The maximum Gasteiger partial charge on any atom is 0.463 e. The van der Waals surface area contributed by atoms with Crippen molar-refractivity contribution in [2.75, 3.05) is 17.7 Å². The number of hydrogen-bond acceptors (Lipinski definition) is 5. The zero-order chi connectivity index (χ0) is 27.5. The molecule has 37 heavy (non-hydrogen) atoms. The van der Waals surface area contributed by atoms with Gasteiger partial charge in [-0.1, -0.05) is 24.3 Å². The Bertz CT molecular complexity index is 1340. The van der Waals surface area contributed by atoms with Crippen LogP contribution in [0.4, 0.5) is 42.2 Å². The maximum absolute atomic E-state index is 14.9. The molecule has 0 bridgehead atoms. The number of rotatable bonds is 7. The van der Waals surface area contributed by atoms with Crippen LogP contribution < -0.4 is 10.6 Å². The van der Waals surface area contributed by atoms with E-state index in [1.165, 1.54) is 48.8 Å². The normalized spacial score (nSPS) is 11.7. The summed E-state index contributed by atoms with van der Waals surface area (Å²) in [6, 6.07) is 8.72. The van der Waals surface area contributed by atoms with Gasteiger partial charge in [0.05, 0.1) is 12.8 Å². The molecule has 0 radical (unpaired) electrons. The Morgan fingerprint density at radius 3 is 2.32 bits per heavy atom. The molecule has 0 spiro atoms. The van der Waals surface area contributed by atoms with Crippen LogP contribution in [0.2, 0.25) is 0 Å². The number of ether oxygens (including phenoxy) is 1. The number of carbonyl (C=O) groups excluding carboxylic acids is 2. The average Bonchev–Trinajstić information content (AvgIpc) is 2.83. The Labute approximate surface area is 205 Å². The van der Waals surface area contributed by atoms with E-state index in [0.717, 1.165) is 19.2 Å². The van der Waals surface area contributed by atoms with Gasteiger partial charge in [0, 0.05) is 18.3 Å². The van der Waals surface area contributed by atoms with Gasteiger partial charge in [-0.15, -0.1) is 0 Å². The smallest absolute Gasteiger partial charge is 0.463 e. The number of benzene rings is 2. The number of aromatic nitrogens is 1. The maximum atomic E-state index is 14.9. The summed E-state index contributed by atoms with van der Waals surface area (Å²) in [5, 5.41) is 4.12. The minimum Gasteiger partial charge on any atom is -0.465 e. The topological polar surface area (TPSA) is 80.3 Å². The average molecular weight is 529 g/mol. The molecule has 3 rings (SSSR count). The molecule has 0 saturated heterocycles. The van der Waals surface area contributed by atoms with E-state index in [0.29, 0.717) is 0 Å². The number of hydrogen-bond donors (Lipinski definition) is 2. The van der Waals surface area contributed by atoms with Crippen molar-refractivity contribution >= 4 is 23.4 Å². The number of anilines is 2. The predicted molar refractivity (Wildman–Crippen MR) is 119 cm³/mol. The first-order valence-corrected chi connectivity index (χ1v) is 10.4. The molecule has 0 saturated carbocycles. The summed E-state index contributed by atoms with van der Waals surface area (Å²) in [4.78, 5) is 27.5. The van der Waals surface area contributed by atoms with Crippen LogP contribution in [-0.4, -0.2) is 36.1 Å². The molecule has 1 aromatic heterocycles. The van der Waals surface area contributed by atoms with E-state index in [-0.39, 0.29) is 34.6 Å². The molecule has 1 amide bonds. The number of esters is 1. The van der Waals surface area contributed by atoms with Gasteiger partial charge in [-0.25, -0.2) is 18.6 Å². The highest BCUT2D eigenvalue weighted by atomic mass is 19.4. The second-order valence-corrected chi connectivity index (χ2v) is 7.69. The summed E-state index contributed by atoms with van der Waals surface area (Å²) in [5.41, 5.74) is -0.508. The standard InChI is InChI=1S/C24H18F7N3O3/c1-12-8-9-32-20(19(12)34-22(36)23(27,28)24(29,30)31)33-11-14-7-6-13(10-17(14)26)15-4-3-5-16(25)18(15)21(35)37-2/h3-10H,11H2,1-2H3,(H,32,33)(H,34,36). The Morgan fingerprint density at radius 1 is 1.00 bits per heavy atom. The lowest BCUT2D eigenvalue weighted by molar-refractivity contribution is -0.267. The van der Waals surface area contributed by atoms with Crippen LogP contribution in [0.3, 0.4) is 0 Å². The third kappa shape index (κ3) is 5.65. The number of halogens is 7. The summed E-state index contributed by atoms with van der Waals surface area (Å²) < 4.78 is 98.1. The molecule has 0 fully saturated rings. The summed E-state index contributed by atoms with van der Waals surface area (Å²) in [6.07, 6.45) is -4.91. The molecular weight excluding hydrogens is 511 g/mol. The Kier molecular flexibility index (Phi) is 7.74. The van der Waals surface area contributed by atoms with Gasteiger partial charge in [0.1, 0.15) is 23.0 Å². The van der Waals surface area contributed by atoms with Crippen molar-refractivity contribution in [3.05, 3.63) is 77.0 Å². The summed E-state index contributed by atoms with van der Waals surface area (Å²) >= 11 is 0. The van der Waals surface area contributed by atoms with Crippen LogP contribution in [0, 0.1) is 18.6 Å². The predicted octanol–water partition coefficient (Wildman–Crippen LogP) is 5.87. The molecule has 0 unspecified atom stereocenters. The highest BCUT2D eigenvalue weighted by Gasteiger charge is 2.63. The Hall–Kier alpha value is -4.16. The van der Waals surface area contributed by atoms with Crippen molar-refractivity contribution in [3.8, 4) is 11.1 Å². The summed E-state index contributed by atoms with van der Waals surface area (Å²) in [7, 11) is 1.06. The second-order valence-electron chi connectivity index (χ2n) is 7.69. The lowest BCUT2D eigenvalue weighted by Crippen LogP contribution is -2.47. The lowest BCUT2D eigenvalue weighted by atomic mass is 9.98. The number of aryl methyl sites for hydroxylation is 1. The van der Waals surface area contributed by atoms with E-state index in [9.17, 15) is 40.3 Å². The van der Waals surface area contributed by atoms with Gasteiger partial charge in [-0.2, -0.15) is 22.0 Å². The largest absolute Gasteiger partial charge is 0.465 e. The lowest BCUT2D eigenvalue weighted by Gasteiger charge is -2.20. The fraction of sp³-hybridized carbons (Fsp3) is 0.208. The quantitative estimate of drug-likeness (QED) is 0.296. The zero-order valence-electron chi connectivity index (χ0n) is 19.1. The number of carbonyl (C=O) groups is 2. The van der Waals surface area contributed by atoms with Crippen LogP contribution >= 0.6 is 0 Å². The number of amides is 1. The Morgan fingerprint density at radius 2 is 1.70 bits per heavy atom. The number of pyridine rings is 1. The fourth-order valence-electron chi connectivity index (χ4n) is 3.28. The highest BCUT2D eigenvalue weighted by Crippen LogP contribution is 2.37. The minimum atomic E-state index is -6.11. The van der Waals surface area contributed by atoms with E-state index in [1.54, 1.807) is 0 Å². The van der Waals surface area contributed by atoms with E-state index >= 15 is 0 Å². The number of alkyl halides is 5. The molecule has 1 heterocycles. The van der Waals surface area contributed by atoms with Gasteiger partial charge in [0.15, 0.2) is 0 Å². The Balaban J connectivity index is 1.86. The molecule has 0 aliphatic heterocycles. The number of nitrogens with one attached hydrogen (secondary N) is 2. The molecule has 2 N–H and O–H groups in total. The number of nitrogens with zero attached hydrogens (tertiary/aromatic N) is 1. The molecule has 6 nitrogen and oxygen atoms in total. The van der Waals surface area contributed by atoms with E-state index in [4.69, 9.17) is 0 Å². The van der Waals surface area contributed by atoms with Gasteiger partial charge >= 0.3 is 24.0 Å². The third-order valence-corrected chi connectivity index (χ3v) is 5.25. The van der Waals surface area contributed by atoms with Crippen LogP contribution in [0.5, 0.6) is 0 Å². The van der Waals surface area contributed by atoms with Crippen molar-refractivity contribution in [2.24, 2.45) is 0 Å². The first-order valence-electron chi connectivity index (χ1n) is 10.4. The van der Waals surface area contributed by atoms with E-state index in [2.05, 4.69) is 15.0 Å². The van der Waals surface area contributed by atoms with Crippen LogP contribution in [0.15, 0.2) is 48.7 Å². The first kappa shape index (κ1) is 27.4. The van der Waals surface area contributed by atoms with Gasteiger partial charge in [-0.3, -0.25) is 4.79 Å². The molecule has 3 aromatic rings. The molecular formula is C24H18F7N3O3. The van der Waals surface area contributed by atoms with E-state index in [1.807, 2.05) is 0 Å². The van der Waals surface area contributed by atoms with Crippen molar-refractivity contribution in [1.82, 2.24) is 4.98 Å². The van der Waals surface area contributed by atoms with Crippen molar-refractivity contribution in [2.45, 2.75) is 25.6 Å². The van der Waals surface area contributed by atoms with Crippen LogP contribution in [-0.2, 0) is 16.1 Å². The molecule has 13 heteroatoms. The molecule has 2 aromatic carbocycles. The number of methoxy groups -OCH3 is 1. The van der Waals surface area contributed by atoms with Gasteiger partial charge < -0.3 is 15.4 Å². The monoisotopic (exact) mass is 529 g/mol. The summed E-state index contributed by atoms with van der Waals surface area (Å²) in [5.74, 6) is -11.2. The summed E-state index contributed by atoms with van der Waals surface area (Å²) in [6.45, 7) is 1.01. The van der Waals surface area contributed by atoms with Gasteiger partial charge in [0.2, 0.25) is 0 Å². The zero-order valence-corrected chi connectivity index (χ0v) is 19.1. The van der Waals surface area contributed by atoms with Gasteiger partial charge in [0.25, 0.3) is 0 Å². The second kappa shape index (κ2) is 10.4. The minimum absolute atomic E-state index is 0.000903.